The van der Waals surface area contributed by atoms with Crippen molar-refractivity contribution in [3.63, 3.8) is 0 Å². The number of nitrogens with zero attached hydrogens (tertiary/aromatic N) is 1. The normalized spacial score (nSPS) is 10.1. The monoisotopic (exact) mass is 213 g/mol. The highest BCUT2D eigenvalue weighted by Gasteiger charge is 2.02. The maximum atomic E-state index is 8.97. The molecule has 0 amide bonds. The van der Waals surface area contributed by atoms with Gasteiger partial charge in [-0.15, -0.1) is 0 Å². The number of benzene rings is 2. The number of hydrogen-bond acceptors (Lipinski definition) is 2. The molecule has 2 aromatic rings. The van der Waals surface area contributed by atoms with Crippen LogP contribution in [0.5, 0.6) is 0 Å². The summed E-state index contributed by atoms with van der Waals surface area (Å²) in [6, 6.07) is 18.1. The van der Waals surface area contributed by atoms with Crippen molar-refractivity contribution in [2.75, 3.05) is 11.9 Å². The summed E-state index contributed by atoms with van der Waals surface area (Å²) in [5, 5.41) is 8.97. The zero-order valence-corrected chi connectivity index (χ0v) is 9.30. The number of hydrogen-bond donors (Lipinski definition) is 1. The van der Waals surface area contributed by atoms with Crippen molar-refractivity contribution in [3.8, 4) is 0 Å². The van der Waals surface area contributed by atoms with Crippen LogP contribution in [0.4, 0.5) is 11.4 Å². The van der Waals surface area contributed by atoms with Gasteiger partial charge in [-0.3, -0.25) is 0 Å². The fraction of sp³-hybridized carbons (Fsp3) is 0.143. The molecule has 0 saturated carbocycles. The summed E-state index contributed by atoms with van der Waals surface area (Å²) in [6.45, 7) is 0.0926. The number of aliphatic hydroxyl groups excluding tert-OH is 1. The molecule has 1 N–H and O–H groups in total. The third-order valence-electron chi connectivity index (χ3n) is 2.65. The lowest BCUT2D eigenvalue weighted by Crippen LogP contribution is -2.08. The molecule has 0 bridgehead atoms. The quantitative estimate of drug-likeness (QED) is 0.847. The van der Waals surface area contributed by atoms with Gasteiger partial charge in [0.2, 0.25) is 0 Å². The summed E-state index contributed by atoms with van der Waals surface area (Å²) in [7, 11) is 2.03. The van der Waals surface area contributed by atoms with E-state index in [9.17, 15) is 0 Å². The summed E-state index contributed by atoms with van der Waals surface area (Å²) in [5.41, 5.74) is 3.20. The van der Waals surface area contributed by atoms with Crippen LogP contribution >= 0.6 is 0 Å². The van der Waals surface area contributed by atoms with E-state index in [1.165, 1.54) is 0 Å². The van der Waals surface area contributed by atoms with E-state index in [1.807, 2.05) is 49.5 Å². The van der Waals surface area contributed by atoms with Gasteiger partial charge in [0.15, 0.2) is 0 Å². The highest BCUT2D eigenvalue weighted by Crippen LogP contribution is 2.23. The van der Waals surface area contributed by atoms with Crippen LogP contribution in [0.3, 0.4) is 0 Å². The van der Waals surface area contributed by atoms with E-state index in [0.717, 1.165) is 16.9 Å². The standard InChI is InChI=1S/C14H15NO/c1-15(13-5-3-2-4-6-13)14-9-7-12(11-16)8-10-14/h2-10,16H,11H2,1H3. The van der Waals surface area contributed by atoms with Crippen LogP contribution in [-0.2, 0) is 6.61 Å². The van der Waals surface area contributed by atoms with Crippen LogP contribution in [0.15, 0.2) is 54.6 Å². The van der Waals surface area contributed by atoms with E-state index < -0.39 is 0 Å². The average molecular weight is 213 g/mol. The lowest BCUT2D eigenvalue weighted by atomic mass is 10.2. The minimum Gasteiger partial charge on any atom is -0.392 e. The largest absolute Gasteiger partial charge is 0.392 e. The zero-order chi connectivity index (χ0) is 11.4. The van der Waals surface area contributed by atoms with E-state index >= 15 is 0 Å². The Bertz CT molecular complexity index is 436. The van der Waals surface area contributed by atoms with Crippen molar-refractivity contribution in [2.45, 2.75) is 6.61 Å². The molecule has 0 spiro atoms. The van der Waals surface area contributed by atoms with Crippen molar-refractivity contribution < 1.29 is 5.11 Å². The smallest absolute Gasteiger partial charge is 0.0681 e. The van der Waals surface area contributed by atoms with E-state index in [2.05, 4.69) is 17.0 Å². The molecule has 16 heavy (non-hydrogen) atoms. The lowest BCUT2D eigenvalue weighted by Gasteiger charge is -2.19. The first-order valence-electron chi connectivity index (χ1n) is 5.30. The molecule has 82 valence electrons. The average Bonchev–Trinajstić information content (AvgIpc) is 2.39. The fourth-order valence-electron chi connectivity index (χ4n) is 1.63. The second-order valence-electron chi connectivity index (χ2n) is 3.72. The van der Waals surface area contributed by atoms with Gasteiger partial charge < -0.3 is 10.0 Å². The van der Waals surface area contributed by atoms with Gasteiger partial charge in [-0.25, -0.2) is 0 Å². The number of para-hydroxylation sites is 1. The maximum absolute atomic E-state index is 8.97. The summed E-state index contributed by atoms with van der Waals surface area (Å²) in [5.74, 6) is 0. The van der Waals surface area contributed by atoms with Gasteiger partial charge in [-0.2, -0.15) is 0 Å². The molecule has 0 aromatic heterocycles. The molecule has 0 unspecified atom stereocenters. The topological polar surface area (TPSA) is 23.5 Å². The SMILES string of the molecule is CN(c1ccccc1)c1ccc(CO)cc1. The Kier molecular flexibility index (Phi) is 3.22. The molecule has 0 heterocycles. The molecule has 0 fully saturated rings. The zero-order valence-electron chi connectivity index (χ0n) is 9.30. The van der Waals surface area contributed by atoms with Crippen molar-refractivity contribution in [2.24, 2.45) is 0 Å². The molecular weight excluding hydrogens is 198 g/mol. The minimum absolute atomic E-state index is 0.0926. The second-order valence-corrected chi connectivity index (χ2v) is 3.72. The summed E-state index contributed by atoms with van der Waals surface area (Å²) >= 11 is 0. The molecule has 2 rings (SSSR count). The first kappa shape index (κ1) is 10.7. The van der Waals surface area contributed by atoms with E-state index in [-0.39, 0.29) is 6.61 Å². The van der Waals surface area contributed by atoms with Crippen molar-refractivity contribution in [3.05, 3.63) is 60.2 Å². The maximum Gasteiger partial charge on any atom is 0.0681 e. The Morgan fingerprint density at radius 2 is 1.44 bits per heavy atom. The van der Waals surface area contributed by atoms with Gasteiger partial charge in [0.1, 0.15) is 0 Å². The van der Waals surface area contributed by atoms with Gasteiger partial charge in [0.25, 0.3) is 0 Å². The Balaban J connectivity index is 2.24. The summed E-state index contributed by atoms with van der Waals surface area (Å²) in [6.07, 6.45) is 0. The highest BCUT2D eigenvalue weighted by molar-refractivity contribution is 5.62. The number of anilines is 2. The van der Waals surface area contributed by atoms with Gasteiger partial charge in [-0.1, -0.05) is 30.3 Å². The van der Waals surface area contributed by atoms with Crippen molar-refractivity contribution in [1.29, 1.82) is 0 Å². The van der Waals surface area contributed by atoms with E-state index in [1.54, 1.807) is 0 Å². The van der Waals surface area contributed by atoms with Crippen LogP contribution in [0.2, 0.25) is 0 Å². The Morgan fingerprint density at radius 1 is 0.875 bits per heavy atom. The molecular formula is C14H15NO. The second kappa shape index (κ2) is 4.81. The molecule has 0 aliphatic rings. The predicted octanol–water partition coefficient (Wildman–Crippen LogP) is 2.95. The lowest BCUT2D eigenvalue weighted by molar-refractivity contribution is 0.282. The van der Waals surface area contributed by atoms with Crippen LogP contribution < -0.4 is 4.90 Å². The van der Waals surface area contributed by atoms with Crippen LogP contribution in [0.1, 0.15) is 5.56 Å². The fourth-order valence-corrected chi connectivity index (χ4v) is 1.63. The molecule has 0 saturated heterocycles. The summed E-state index contributed by atoms with van der Waals surface area (Å²) < 4.78 is 0. The first-order valence-corrected chi connectivity index (χ1v) is 5.30. The molecule has 2 heteroatoms. The molecule has 2 nitrogen and oxygen atoms in total. The third kappa shape index (κ3) is 2.23. The molecule has 0 aliphatic carbocycles. The van der Waals surface area contributed by atoms with Crippen LogP contribution in [-0.4, -0.2) is 12.2 Å². The first-order chi connectivity index (χ1) is 7.81. The Hall–Kier alpha value is -1.80. The Morgan fingerprint density at radius 3 is 2.00 bits per heavy atom. The minimum atomic E-state index is 0.0926. The van der Waals surface area contributed by atoms with Gasteiger partial charge in [0, 0.05) is 18.4 Å². The number of aliphatic hydroxyl groups is 1. The highest BCUT2D eigenvalue weighted by atomic mass is 16.3. The predicted molar refractivity (Wildman–Crippen MR) is 66.9 cm³/mol. The summed E-state index contributed by atoms with van der Waals surface area (Å²) in [4.78, 5) is 2.11. The van der Waals surface area contributed by atoms with Crippen molar-refractivity contribution in [1.82, 2.24) is 0 Å². The van der Waals surface area contributed by atoms with E-state index in [0.29, 0.717) is 0 Å². The van der Waals surface area contributed by atoms with Gasteiger partial charge in [0.05, 0.1) is 6.61 Å². The third-order valence-corrected chi connectivity index (χ3v) is 2.65. The molecule has 0 atom stereocenters. The van der Waals surface area contributed by atoms with E-state index in [4.69, 9.17) is 5.11 Å². The van der Waals surface area contributed by atoms with Gasteiger partial charge >= 0.3 is 0 Å². The molecule has 2 aromatic carbocycles. The van der Waals surface area contributed by atoms with Crippen molar-refractivity contribution >= 4 is 11.4 Å². The van der Waals surface area contributed by atoms with Crippen LogP contribution in [0.25, 0.3) is 0 Å². The molecule has 0 aliphatic heterocycles. The number of rotatable bonds is 3. The van der Waals surface area contributed by atoms with Crippen LogP contribution in [0, 0.1) is 0 Å². The van der Waals surface area contributed by atoms with Gasteiger partial charge in [-0.05, 0) is 29.8 Å². The Labute approximate surface area is 95.8 Å². The molecule has 0 radical (unpaired) electrons.